The van der Waals surface area contributed by atoms with E-state index in [-0.39, 0.29) is 0 Å². The summed E-state index contributed by atoms with van der Waals surface area (Å²) in [6, 6.07) is 67.9. The van der Waals surface area contributed by atoms with Crippen molar-refractivity contribution >= 4 is 53.4 Å². The predicted molar refractivity (Wildman–Crippen MR) is 256 cm³/mol. The Labute approximate surface area is 361 Å². The van der Waals surface area contributed by atoms with E-state index in [1.54, 1.807) is 0 Å². The standard InChI is InChI=1S/C56H34N4OS/c1-2-10-35(11-3-1)36-23-29-40(30-24-36)54-58-55(60-56(59-54)49-19-8-16-46-45-13-4-5-20-50(45)61-51(46)49)41-31-27-39(28-32-41)44-15-7-18-48-47-17-6-14-43(52(47)62-53(44)48)38-25-21-37(22-26-38)42-12-9-33-57-34-42/h1-34H. The van der Waals surface area contributed by atoms with Gasteiger partial charge in [-0.2, -0.15) is 0 Å². The summed E-state index contributed by atoms with van der Waals surface area (Å²) in [7, 11) is 0. The molecule has 62 heavy (non-hydrogen) atoms. The maximum atomic E-state index is 6.47. The van der Waals surface area contributed by atoms with Crippen molar-refractivity contribution in [3.8, 4) is 78.7 Å². The Hall–Kier alpha value is -8.06. The molecule has 12 aromatic rings. The molecule has 0 atom stereocenters. The van der Waals surface area contributed by atoms with Gasteiger partial charge in [0.1, 0.15) is 11.2 Å². The van der Waals surface area contributed by atoms with Crippen molar-refractivity contribution in [1.82, 2.24) is 19.9 Å². The minimum Gasteiger partial charge on any atom is -0.455 e. The third-order valence-corrected chi connectivity index (χ3v) is 13.0. The van der Waals surface area contributed by atoms with Gasteiger partial charge in [-0.1, -0.05) is 176 Å². The van der Waals surface area contributed by atoms with Crippen LogP contribution in [0.5, 0.6) is 0 Å². The van der Waals surface area contributed by atoms with Gasteiger partial charge in [0.15, 0.2) is 17.5 Å². The molecule has 6 heteroatoms. The topological polar surface area (TPSA) is 64.7 Å². The molecule has 0 aliphatic rings. The molecule has 0 fully saturated rings. The minimum atomic E-state index is 0.559. The molecule has 0 spiro atoms. The first-order chi connectivity index (χ1) is 30.7. The lowest BCUT2D eigenvalue weighted by atomic mass is 9.98. The molecule has 0 bridgehead atoms. The summed E-state index contributed by atoms with van der Waals surface area (Å²) in [6.45, 7) is 0. The van der Waals surface area contributed by atoms with Crippen LogP contribution in [0.3, 0.4) is 0 Å². The highest BCUT2D eigenvalue weighted by atomic mass is 32.1. The molecule has 0 amide bonds. The number of aromatic nitrogens is 4. The summed E-state index contributed by atoms with van der Waals surface area (Å²) in [6.07, 6.45) is 3.71. The number of para-hydroxylation sites is 2. The van der Waals surface area contributed by atoms with Crippen LogP contribution in [0.25, 0.3) is 121 Å². The molecule has 0 aliphatic carbocycles. The van der Waals surface area contributed by atoms with Gasteiger partial charge in [0.2, 0.25) is 0 Å². The second kappa shape index (κ2) is 14.9. The van der Waals surface area contributed by atoms with Crippen LogP contribution in [0.15, 0.2) is 211 Å². The molecule has 4 heterocycles. The van der Waals surface area contributed by atoms with Gasteiger partial charge in [0.05, 0.1) is 5.56 Å². The smallest absolute Gasteiger partial charge is 0.167 e. The molecular weight excluding hydrogens is 777 g/mol. The minimum absolute atomic E-state index is 0.559. The maximum Gasteiger partial charge on any atom is 0.167 e. The van der Waals surface area contributed by atoms with Crippen molar-refractivity contribution in [2.45, 2.75) is 0 Å². The zero-order valence-corrected chi connectivity index (χ0v) is 34.1. The number of furan rings is 1. The van der Waals surface area contributed by atoms with E-state index in [2.05, 4.69) is 157 Å². The number of thiophene rings is 1. The van der Waals surface area contributed by atoms with Gasteiger partial charge in [-0.3, -0.25) is 4.98 Å². The van der Waals surface area contributed by atoms with Gasteiger partial charge in [-0.25, -0.2) is 15.0 Å². The SMILES string of the molecule is c1ccc(-c2ccc(-c3nc(-c4ccc(-c5cccc6c5sc5c(-c7ccc(-c8cccnc8)cc7)cccc56)cc4)nc(-c4cccc5c4oc4ccccc45)n3)cc2)cc1. The lowest BCUT2D eigenvalue weighted by Gasteiger charge is -2.10. The summed E-state index contributed by atoms with van der Waals surface area (Å²) in [4.78, 5) is 19.7. The Morgan fingerprint density at radius 1 is 0.323 bits per heavy atom. The van der Waals surface area contributed by atoms with Crippen LogP contribution in [0.2, 0.25) is 0 Å². The monoisotopic (exact) mass is 810 g/mol. The van der Waals surface area contributed by atoms with Crippen molar-refractivity contribution in [3.63, 3.8) is 0 Å². The van der Waals surface area contributed by atoms with Crippen LogP contribution in [-0.4, -0.2) is 19.9 Å². The number of rotatable bonds is 7. The molecule has 0 saturated carbocycles. The fourth-order valence-corrected chi connectivity index (χ4v) is 9.94. The van der Waals surface area contributed by atoms with E-state index in [0.29, 0.717) is 17.5 Å². The lowest BCUT2D eigenvalue weighted by Crippen LogP contribution is -2.00. The van der Waals surface area contributed by atoms with Gasteiger partial charge in [0.25, 0.3) is 0 Å². The molecule has 290 valence electrons. The Kier molecular flexibility index (Phi) is 8.61. The average molecular weight is 811 g/mol. The number of hydrogen-bond donors (Lipinski definition) is 0. The van der Waals surface area contributed by atoms with Crippen LogP contribution in [0.4, 0.5) is 0 Å². The highest BCUT2D eigenvalue weighted by Crippen LogP contribution is 2.44. The Bertz CT molecular complexity index is 3600. The van der Waals surface area contributed by atoms with E-state index in [0.717, 1.165) is 66.4 Å². The first-order valence-corrected chi connectivity index (χ1v) is 21.4. The summed E-state index contributed by atoms with van der Waals surface area (Å²) in [5, 5.41) is 4.61. The van der Waals surface area contributed by atoms with Crippen molar-refractivity contribution in [1.29, 1.82) is 0 Å². The van der Waals surface area contributed by atoms with E-state index in [1.807, 2.05) is 66.2 Å². The number of benzene rings is 8. The zero-order chi connectivity index (χ0) is 41.0. The molecule has 5 nitrogen and oxygen atoms in total. The maximum absolute atomic E-state index is 6.47. The van der Waals surface area contributed by atoms with E-state index >= 15 is 0 Å². The van der Waals surface area contributed by atoms with E-state index in [9.17, 15) is 0 Å². The second-order valence-electron chi connectivity index (χ2n) is 15.4. The number of nitrogens with zero attached hydrogens (tertiary/aromatic N) is 4. The molecule has 0 radical (unpaired) electrons. The van der Waals surface area contributed by atoms with E-state index < -0.39 is 0 Å². The number of fused-ring (bicyclic) bond motifs is 6. The highest BCUT2D eigenvalue weighted by Gasteiger charge is 2.19. The summed E-state index contributed by atoms with van der Waals surface area (Å²) < 4.78 is 9.01. The number of pyridine rings is 1. The lowest BCUT2D eigenvalue weighted by molar-refractivity contribution is 0.669. The fourth-order valence-electron chi connectivity index (χ4n) is 8.57. The molecule has 0 saturated heterocycles. The van der Waals surface area contributed by atoms with Crippen LogP contribution in [-0.2, 0) is 0 Å². The molecule has 12 rings (SSSR count). The summed E-state index contributed by atoms with van der Waals surface area (Å²) in [5.41, 5.74) is 13.5. The average Bonchev–Trinajstić information content (AvgIpc) is 3.94. The van der Waals surface area contributed by atoms with E-state index in [1.165, 1.54) is 36.9 Å². The van der Waals surface area contributed by atoms with Gasteiger partial charge < -0.3 is 4.42 Å². The normalized spacial score (nSPS) is 11.5. The van der Waals surface area contributed by atoms with Crippen LogP contribution in [0, 0.1) is 0 Å². The van der Waals surface area contributed by atoms with Crippen LogP contribution < -0.4 is 0 Å². The second-order valence-corrected chi connectivity index (χ2v) is 16.4. The van der Waals surface area contributed by atoms with E-state index in [4.69, 9.17) is 19.4 Å². The van der Waals surface area contributed by atoms with Gasteiger partial charge in [0, 0.05) is 54.5 Å². The van der Waals surface area contributed by atoms with Crippen molar-refractivity contribution < 1.29 is 4.42 Å². The van der Waals surface area contributed by atoms with Gasteiger partial charge in [-0.05, 0) is 62.7 Å². The summed E-state index contributed by atoms with van der Waals surface area (Å²) >= 11 is 1.85. The molecule has 0 unspecified atom stereocenters. The Morgan fingerprint density at radius 3 is 1.40 bits per heavy atom. The first-order valence-electron chi connectivity index (χ1n) is 20.6. The van der Waals surface area contributed by atoms with Crippen LogP contribution in [0.1, 0.15) is 0 Å². The molecule has 4 aromatic heterocycles. The van der Waals surface area contributed by atoms with Crippen LogP contribution >= 0.6 is 11.3 Å². The number of hydrogen-bond acceptors (Lipinski definition) is 6. The summed E-state index contributed by atoms with van der Waals surface area (Å²) in [5.74, 6) is 1.75. The predicted octanol–water partition coefficient (Wildman–Crippen LogP) is 15.2. The fraction of sp³-hybridized carbons (Fsp3) is 0. The van der Waals surface area contributed by atoms with Gasteiger partial charge in [-0.15, -0.1) is 11.3 Å². The van der Waals surface area contributed by atoms with Crippen molar-refractivity contribution in [2.75, 3.05) is 0 Å². The quantitative estimate of drug-likeness (QED) is 0.160. The molecule has 0 aliphatic heterocycles. The first kappa shape index (κ1) is 35.8. The van der Waals surface area contributed by atoms with Crippen molar-refractivity contribution in [3.05, 3.63) is 207 Å². The molecular formula is C56H34N4OS. The Balaban J connectivity index is 0.941. The molecule has 8 aromatic carbocycles. The zero-order valence-electron chi connectivity index (χ0n) is 33.2. The largest absolute Gasteiger partial charge is 0.455 e. The Morgan fingerprint density at radius 2 is 0.790 bits per heavy atom. The van der Waals surface area contributed by atoms with Crippen molar-refractivity contribution in [2.24, 2.45) is 0 Å². The third kappa shape index (κ3) is 6.24. The third-order valence-electron chi connectivity index (χ3n) is 11.7. The molecule has 0 N–H and O–H groups in total. The van der Waals surface area contributed by atoms with Gasteiger partial charge >= 0.3 is 0 Å². The highest BCUT2D eigenvalue weighted by molar-refractivity contribution is 7.26.